The van der Waals surface area contributed by atoms with E-state index in [2.05, 4.69) is 10.3 Å². The van der Waals surface area contributed by atoms with Crippen LogP contribution in [0.25, 0.3) is 10.9 Å². The van der Waals surface area contributed by atoms with Crippen LogP contribution in [0.3, 0.4) is 0 Å². The highest BCUT2D eigenvalue weighted by atomic mass is 19.1. The monoisotopic (exact) mass is 250 g/mol. The predicted molar refractivity (Wildman–Crippen MR) is 66.7 cm³/mol. The summed E-state index contributed by atoms with van der Waals surface area (Å²) in [6, 6.07) is 4.56. The molecule has 4 nitrogen and oxygen atoms in total. The second-order valence-corrected chi connectivity index (χ2v) is 4.22. The Morgan fingerprint density at radius 1 is 1.56 bits per heavy atom. The molecule has 0 aliphatic carbocycles. The van der Waals surface area contributed by atoms with E-state index in [-0.39, 0.29) is 11.7 Å². The number of fused-ring (bicyclic) bond motifs is 1. The Balaban J connectivity index is 2.02. The first-order chi connectivity index (χ1) is 8.58. The van der Waals surface area contributed by atoms with Gasteiger partial charge in [-0.3, -0.25) is 4.79 Å². The minimum atomic E-state index is -0.998. The van der Waals surface area contributed by atoms with Crippen molar-refractivity contribution in [1.82, 2.24) is 10.3 Å². The van der Waals surface area contributed by atoms with Gasteiger partial charge in [-0.2, -0.15) is 0 Å². The number of aliphatic hydroxyl groups is 1. The van der Waals surface area contributed by atoms with Gasteiger partial charge in [0.1, 0.15) is 11.9 Å². The molecule has 2 aromatic rings. The first-order valence-electron chi connectivity index (χ1n) is 5.79. The van der Waals surface area contributed by atoms with E-state index in [4.69, 9.17) is 5.11 Å². The average Bonchev–Trinajstić information content (AvgIpc) is 2.71. The van der Waals surface area contributed by atoms with E-state index < -0.39 is 6.10 Å². The molecule has 0 aliphatic rings. The molecule has 0 saturated heterocycles. The van der Waals surface area contributed by atoms with Crippen molar-refractivity contribution in [1.29, 1.82) is 0 Å². The van der Waals surface area contributed by atoms with Crippen LogP contribution in [0.2, 0.25) is 0 Å². The number of aromatic nitrogens is 1. The average molecular weight is 250 g/mol. The second-order valence-electron chi connectivity index (χ2n) is 4.22. The number of rotatable bonds is 4. The van der Waals surface area contributed by atoms with Gasteiger partial charge in [-0.15, -0.1) is 0 Å². The molecule has 1 aromatic carbocycles. The number of carbonyl (C=O) groups excluding carboxylic acids is 1. The van der Waals surface area contributed by atoms with Crippen LogP contribution in [0.1, 0.15) is 12.5 Å². The maximum Gasteiger partial charge on any atom is 0.248 e. The lowest BCUT2D eigenvalue weighted by Gasteiger charge is -2.06. The van der Waals surface area contributed by atoms with Crippen LogP contribution in [-0.4, -0.2) is 28.6 Å². The molecule has 2 rings (SSSR count). The maximum atomic E-state index is 13.0. The quantitative estimate of drug-likeness (QED) is 0.766. The molecule has 1 atom stereocenters. The lowest BCUT2D eigenvalue weighted by molar-refractivity contribution is -0.128. The summed E-state index contributed by atoms with van der Waals surface area (Å²) in [4.78, 5) is 14.1. The number of carbonyl (C=O) groups is 1. The van der Waals surface area contributed by atoms with Gasteiger partial charge in [0.15, 0.2) is 0 Å². The summed E-state index contributed by atoms with van der Waals surface area (Å²) in [5.41, 5.74) is 1.75. The number of aromatic amines is 1. The lowest BCUT2D eigenvalue weighted by Crippen LogP contribution is -2.33. The molecule has 0 radical (unpaired) electrons. The van der Waals surface area contributed by atoms with E-state index in [0.717, 1.165) is 16.5 Å². The van der Waals surface area contributed by atoms with Crippen molar-refractivity contribution in [3.63, 3.8) is 0 Å². The van der Waals surface area contributed by atoms with Crippen LogP contribution < -0.4 is 5.32 Å². The fourth-order valence-electron chi connectivity index (χ4n) is 1.83. The highest BCUT2D eigenvalue weighted by Gasteiger charge is 2.08. The molecule has 1 unspecified atom stereocenters. The molecule has 0 bridgehead atoms. The number of benzene rings is 1. The first-order valence-corrected chi connectivity index (χ1v) is 5.79. The third kappa shape index (κ3) is 2.68. The van der Waals surface area contributed by atoms with Crippen LogP contribution in [0.5, 0.6) is 0 Å². The van der Waals surface area contributed by atoms with E-state index in [1.807, 2.05) is 0 Å². The van der Waals surface area contributed by atoms with Gasteiger partial charge in [0, 0.05) is 23.6 Å². The Labute approximate surface area is 104 Å². The number of H-pyrrole nitrogens is 1. The minimum Gasteiger partial charge on any atom is -0.384 e. The SMILES string of the molecule is CC(O)C(=O)NCCc1c[nH]c2cc(F)ccc12. The van der Waals surface area contributed by atoms with Crippen molar-refractivity contribution in [2.24, 2.45) is 0 Å². The number of hydrogen-bond acceptors (Lipinski definition) is 2. The second kappa shape index (κ2) is 5.18. The van der Waals surface area contributed by atoms with Crippen molar-refractivity contribution in [2.45, 2.75) is 19.4 Å². The zero-order chi connectivity index (χ0) is 13.1. The smallest absolute Gasteiger partial charge is 0.248 e. The molecule has 0 saturated carbocycles. The Morgan fingerprint density at radius 2 is 2.33 bits per heavy atom. The van der Waals surface area contributed by atoms with Crippen LogP contribution in [-0.2, 0) is 11.2 Å². The number of nitrogens with one attached hydrogen (secondary N) is 2. The van der Waals surface area contributed by atoms with Crippen LogP contribution in [0.15, 0.2) is 24.4 Å². The molecular formula is C13H15FN2O2. The maximum absolute atomic E-state index is 13.0. The fourth-order valence-corrected chi connectivity index (χ4v) is 1.83. The van der Waals surface area contributed by atoms with E-state index in [9.17, 15) is 9.18 Å². The molecule has 18 heavy (non-hydrogen) atoms. The Kier molecular flexibility index (Phi) is 3.62. The third-order valence-electron chi connectivity index (χ3n) is 2.80. The minimum absolute atomic E-state index is 0.279. The van der Waals surface area contributed by atoms with Gasteiger partial charge in [0.2, 0.25) is 5.91 Å². The number of aliphatic hydroxyl groups excluding tert-OH is 1. The number of amides is 1. The molecule has 0 spiro atoms. The van der Waals surface area contributed by atoms with Crippen LogP contribution in [0, 0.1) is 5.82 Å². The molecule has 5 heteroatoms. The largest absolute Gasteiger partial charge is 0.384 e. The summed E-state index contributed by atoms with van der Waals surface area (Å²) in [6.45, 7) is 1.86. The van der Waals surface area contributed by atoms with Gasteiger partial charge in [-0.25, -0.2) is 4.39 Å². The third-order valence-corrected chi connectivity index (χ3v) is 2.80. The Hall–Kier alpha value is -1.88. The summed E-state index contributed by atoms with van der Waals surface area (Å²) in [5, 5.41) is 12.6. The Bertz CT molecular complexity index is 563. The van der Waals surface area contributed by atoms with Crippen molar-refractivity contribution in [2.75, 3.05) is 6.54 Å². The van der Waals surface area contributed by atoms with E-state index in [1.54, 1.807) is 12.3 Å². The van der Waals surface area contributed by atoms with Gasteiger partial charge in [0.25, 0.3) is 0 Å². The first kappa shape index (κ1) is 12.6. The van der Waals surface area contributed by atoms with Gasteiger partial charge >= 0.3 is 0 Å². The molecule has 1 amide bonds. The summed E-state index contributed by atoms with van der Waals surface area (Å²) in [6.07, 6.45) is 1.44. The molecule has 3 N–H and O–H groups in total. The van der Waals surface area contributed by atoms with E-state index in [1.165, 1.54) is 19.1 Å². The van der Waals surface area contributed by atoms with Gasteiger partial charge < -0.3 is 15.4 Å². The molecule has 0 fully saturated rings. The van der Waals surface area contributed by atoms with Gasteiger partial charge in [-0.1, -0.05) is 0 Å². The van der Waals surface area contributed by atoms with Crippen molar-refractivity contribution < 1.29 is 14.3 Å². The van der Waals surface area contributed by atoms with Gasteiger partial charge in [-0.05, 0) is 37.1 Å². The highest BCUT2D eigenvalue weighted by molar-refractivity contribution is 5.83. The van der Waals surface area contributed by atoms with E-state index in [0.29, 0.717) is 13.0 Å². The van der Waals surface area contributed by atoms with Crippen molar-refractivity contribution in [3.8, 4) is 0 Å². The summed E-state index contributed by atoms with van der Waals surface area (Å²) in [5.74, 6) is -0.667. The summed E-state index contributed by atoms with van der Waals surface area (Å²) < 4.78 is 13.0. The Morgan fingerprint density at radius 3 is 3.06 bits per heavy atom. The van der Waals surface area contributed by atoms with Gasteiger partial charge in [0.05, 0.1) is 0 Å². The standard InChI is InChI=1S/C13H15FN2O2/c1-8(17)13(18)15-5-4-9-7-16-12-6-10(14)2-3-11(9)12/h2-3,6-8,16-17H,4-5H2,1H3,(H,15,18). The topological polar surface area (TPSA) is 65.1 Å². The van der Waals surface area contributed by atoms with E-state index >= 15 is 0 Å². The van der Waals surface area contributed by atoms with Crippen LogP contribution >= 0.6 is 0 Å². The van der Waals surface area contributed by atoms with Crippen molar-refractivity contribution in [3.05, 3.63) is 35.8 Å². The summed E-state index contributed by atoms with van der Waals surface area (Å²) >= 11 is 0. The zero-order valence-corrected chi connectivity index (χ0v) is 10.0. The van der Waals surface area contributed by atoms with Crippen LogP contribution in [0.4, 0.5) is 4.39 Å². The molecule has 0 aliphatic heterocycles. The lowest BCUT2D eigenvalue weighted by atomic mass is 10.1. The molecular weight excluding hydrogens is 235 g/mol. The number of hydrogen-bond donors (Lipinski definition) is 3. The molecule has 1 aromatic heterocycles. The highest BCUT2D eigenvalue weighted by Crippen LogP contribution is 2.19. The predicted octanol–water partition coefficient (Wildman–Crippen LogP) is 1.35. The fraction of sp³-hybridized carbons (Fsp3) is 0.308. The van der Waals surface area contributed by atoms with Crippen molar-refractivity contribution >= 4 is 16.8 Å². The summed E-state index contributed by atoms with van der Waals surface area (Å²) in [7, 11) is 0. The zero-order valence-electron chi connectivity index (χ0n) is 10.0. The number of halogens is 1. The normalized spacial score (nSPS) is 12.6. The molecule has 1 heterocycles. The molecule has 96 valence electrons.